The summed E-state index contributed by atoms with van der Waals surface area (Å²) in [4.78, 5) is 30.7. The van der Waals surface area contributed by atoms with Crippen molar-refractivity contribution in [3.8, 4) is 0 Å². The van der Waals surface area contributed by atoms with Gasteiger partial charge < -0.3 is 19.9 Å². The van der Waals surface area contributed by atoms with Crippen molar-refractivity contribution < 1.29 is 14.3 Å². The number of nitrogens with zero attached hydrogens (tertiary/aromatic N) is 2. The van der Waals surface area contributed by atoms with E-state index in [0.717, 1.165) is 36.7 Å². The summed E-state index contributed by atoms with van der Waals surface area (Å²) in [5.74, 6) is -0.339. The van der Waals surface area contributed by atoms with Gasteiger partial charge in [-0.3, -0.25) is 9.59 Å². The molecule has 166 valence electrons. The first-order valence-electron chi connectivity index (χ1n) is 11.4. The second-order valence-electron chi connectivity index (χ2n) is 8.66. The van der Waals surface area contributed by atoms with Crippen LogP contribution in [0.5, 0.6) is 0 Å². The molecule has 1 aromatic heterocycles. The Bertz CT molecular complexity index is 1110. The third kappa shape index (κ3) is 4.25. The lowest BCUT2D eigenvalue weighted by Crippen LogP contribution is -2.39. The maximum Gasteiger partial charge on any atom is 0.255 e. The Morgan fingerprint density at radius 1 is 0.969 bits per heavy atom. The van der Waals surface area contributed by atoms with Gasteiger partial charge in [0.1, 0.15) is 0 Å². The molecule has 3 aromatic rings. The van der Waals surface area contributed by atoms with E-state index in [4.69, 9.17) is 4.74 Å². The van der Waals surface area contributed by atoms with Gasteiger partial charge in [0.05, 0.1) is 22.9 Å². The third-order valence-corrected chi connectivity index (χ3v) is 6.48. The Kier molecular flexibility index (Phi) is 5.90. The molecule has 7 heteroatoms. The van der Waals surface area contributed by atoms with E-state index in [0.29, 0.717) is 36.1 Å². The van der Waals surface area contributed by atoms with Crippen LogP contribution in [0, 0.1) is 0 Å². The molecule has 32 heavy (non-hydrogen) atoms. The maximum absolute atomic E-state index is 13.4. The Hall–Kier alpha value is -3.19. The van der Waals surface area contributed by atoms with E-state index >= 15 is 0 Å². The zero-order chi connectivity index (χ0) is 21.9. The molecule has 0 spiro atoms. The average Bonchev–Trinajstić information content (AvgIpc) is 3.49. The van der Waals surface area contributed by atoms with Crippen molar-refractivity contribution in [3.63, 3.8) is 0 Å². The standard InChI is InChI=1S/C25H28N4O3/c30-24(17-6-2-1-3-7-17)28-19-14-21(25(31)27-18-10-12-32-13-11-18)23-22(15-19)26-16-29(23)20-8-4-5-9-20/h1-3,6-7,14-16,18,20H,4-5,8-13H2,(H,27,31)(H,28,30). The summed E-state index contributed by atoms with van der Waals surface area (Å²) in [7, 11) is 0. The van der Waals surface area contributed by atoms with Crippen LogP contribution >= 0.6 is 0 Å². The average molecular weight is 433 g/mol. The van der Waals surface area contributed by atoms with E-state index in [9.17, 15) is 9.59 Å². The van der Waals surface area contributed by atoms with Crippen molar-refractivity contribution in [2.75, 3.05) is 18.5 Å². The SMILES string of the molecule is O=C(Nc1cc(C(=O)NC2CCOCC2)c2c(c1)ncn2C1CCCC1)c1ccccc1. The Morgan fingerprint density at radius 3 is 2.47 bits per heavy atom. The van der Waals surface area contributed by atoms with Crippen LogP contribution in [0.2, 0.25) is 0 Å². The van der Waals surface area contributed by atoms with Gasteiger partial charge in [-0.05, 0) is 49.9 Å². The van der Waals surface area contributed by atoms with E-state index < -0.39 is 0 Å². The number of imidazole rings is 1. The highest BCUT2D eigenvalue weighted by atomic mass is 16.5. The number of anilines is 1. The molecule has 1 saturated heterocycles. The normalized spacial score (nSPS) is 17.5. The minimum absolute atomic E-state index is 0.0942. The van der Waals surface area contributed by atoms with Crippen molar-refractivity contribution in [2.45, 2.75) is 50.6 Å². The van der Waals surface area contributed by atoms with E-state index in [1.165, 1.54) is 12.8 Å². The molecule has 5 rings (SSSR count). The number of rotatable bonds is 5. The van der Waals surface area contributed by atoms with E-state index in [1.807, 2.05) is 30.6 Å². The van der Waals surface area contributed by atoms with Gasteiger partial charge >= 0.3 is 0 Å². The van der Waals surface area contributed by atoms with Crippen LogP contribution in [0.15, 0.2) is 48.8 Å². The number of amides is 2. The van der Waals surface area contributed by atoms with Gasteiger partial charge in [0.25, 0.3) is 11.8 Å². The van der Waals surface area contributed by atoms with E-state index in [2.05, 4.69) is 20.2 Å². The van der Waals surface area contributed by atoms with Crippen molar-refractivity contribution in [1.82, 2.24) is 14.9 Å². The molecule has 2 amide bonds. The molecule has 0 radical (unpaired) electrons. The van der Waals surface area contributed by atoms with E-state index in [1.54, 1.807) is 18.2 Å². The molecular weight excluding hydrogens is 404 g/mol. The largest absolute Gasteiger partial charge is 0.381 e. The minimum Gasteiger partial charge on any atom is -0.381 e. The molecule has 2 aromatic carbocycles. The van der Waals surface area contributed by atoms with Crippen molar-refractivity contribution in [2.24, 2.45) is 0 Å². The van der Waals surface area contributed by atoms with Gasteiger partial charge in [-0.1, -0.05) is 31.0 Å². The number of benzene rings is 2. The lowest BCUT2D eigenvalue weighted by atomic mass is 10.1. The molecule has 2 N–H and O–H groups in total. The molecule has 1 aliphatic carbocycles. The summed E-state index contributed by atoms with van der Waals surface area (Å²) in [6.07, 6.45) is 8.04. The number of hydrogen-bond acceptors (Lipinski definition) is 4. The van der Waals surface area contributed by atoms with Gasteiger partial charge in [0.2, 0.25) is 0 Å². The van der Waals surface area contributed by atoms with Gasteiger partial charge in [0, 0.05) is 36.5 Å². The second kappa shape index (κ2) is 9.12. The minimum atomic E-state index is -0.212. The molecule has 2 heterocycles. The predicted molar refractivity (Wildman–Crippen MR) is 123 cm³/mol. The molecule has 7 nitrogen and oxygen atoms in total. The summed E-state index contributed by atoms with van der Waals surface area (Å²) in [6.45, 7) is 1.32. The lowest BCUT2D eigenvalue weighted by molar-refractivity contribution is 0.0697. The quantitative estimate of drug-likeness (QED) is 0.629. The second-order valence-corrected chi connectivity index (χ2v) is 8.66. The summed E-state index contributed by atoms with van der Waals surface area (Å²) in [6, 6.07) is 13.1. The predicted octanol–water partition coefficient (Wildman–Crippen LogP) is 4.31. The van der Waals surface area contributed by atoms with Gasteiger partial charge in [0.15, 0.2) is 0 Å². The van der Waals surface area contributed by atoms with Crippen LogP contribution in [-0.4, -0.2) is 40.6 Å². The van der Waals surface area contributed by atoms with Crippen molar-refractivity contribution >= 4 is 28.5 Å². The highest BCUT2D eigenvalue weighted by Gasteiger charge is 2.25. The fourth-order valence-electron chi connectivity index (χ4n) is 4.77. The van der Waals surface area contributed by atoms with Gasteiger partial charge in [-0.15, -0.1) is 0 Å². The molecule has 1 aliphatic heterocycles. The number of hydrogen-bond donors (Lipinski definition) is 2. The smallest absolute Gasteiger partial charge is 0.255 e. The maximum atomic E-state index is 13.4. The molecule has 2 fully saturated rings. The third-order valence-electron chi connectivity index (χ3n) is 6.48. The number of carbonyl (C=O) groups excluding carboxylic acids is 2. The van der Waals surface area contributed by atoms with Crippen LogP contribution < -0.4 is 10.6 Å². The number of fused-ring (bicyclic) bond motifs is 1. The molecule has 1 saturated carbocycles. The first-order valence-corrected chi connectivity index (χ1v) is 11.4. The van der Waals surface area contributed by atoms with Crippen LogP contribution in [0.3, 0.4) is 0 Å². The number of ether oxygens (including phenoxy) is 1. The summed E-state index contributed by atoms with van der Waals surface area (Å²) in [5, 5.41) is 6.11. The topological polar surface area (TPSA) is 85.2 Å². The lowest BCUT2D eigenvalue weighted by Gasteiger charge is -2.24. The summed E-state index contributed by atoms with van der Waals surface area (Å²) in [5.41, 5.74) is 3.26. The fraction of sp³-hybridized carbons (Fsp3) is 0.400. The van der Waals surface area contributed by atoms with Gasteiger partial charge in [-0.2, -0.15) is 0 Å². The molecule has 2 aliphatic rings. The van der Waals surface area contributed by atoms with Crippen molar-refractivity contribution in [1.29, 1.82) is 0 Å². The number of nitrogens with one attached hydrogen (secondary N) is 2. The first-order chi connectivity index (χ1) is 15.7. The van der Waals surface area contributed by atoms with Crippen LogP contribution in [0.4, 0.5) is 5.69 Å². The monoisotopic (exact) mass is 432 g/mol. The zero-order valence-corrected chi connectivity index (χ0v) is 18.0. The fourth-order valence-corrected chi connectivity index (χ4v) is 4.77. The number of aromatic nitrogens is 2. The Labute approximate surface area is 187 Å². The number of carbonyl (C=O) groups is 2. The van der Waals surface area contributed by atoms with Crippen LogP contribution in [0.25, 0.3) is 11.0 Å². The molecule has 0 unspecified atom stereocenters. The van der Waals surface area contributed by atoms with Crippen LogP contribution in [-0.2, 0) is 4.74 Å². The van der Waals surface area contributed by atoms with E-state index in [-0.39, 0.29) is 17.9 Å². The van der Waals surface area contributed by atoms with Gasteiger partial charge in [-0.25, -0.2) is 4.98 Å². The zero-order valence-electron chi connectivity index (χ0n) is 18.0. The van der Waals surface area contributed by atoms with Crippen molar-refractivity contribution in [3.05, 3.63) is 59.9 Å². The molecule has 0 atom stereocenters. The highest BCUT2D eigenvalue weighted by Crippen LogP contribution is 2.34. The van der Waals surface area contributed by atoms with Crippen LogP contribution in [0.1, 0.15) is 65.3 Å². The summed E-state index contributed by atoms with van der Waals surface area (Å²) < 4.78 is 7.58. The summed E-state index contributed by atoms with van der Waals surface area (Å²) >= 11 is 0. The Morgan fingerprint density at radius 2 is 1.72 bits per heavy atom. The highest BCUT2D eigenvalue weighted by molar-refractivity contribution is 6.09. The molecular formula is C25H28N4O3. The first kappa shape index (κ1) is 20.7. The molecule has 0 bridgehead atoms. The Balaban J connectivity index is 1.50.